The van der Waals surface area contributed by atoms with Crippen LogP contribution in [0.15, 0.2) is 28.8 Å². The van der Waals surface area contributed by atoms with Gasteiger partial charge in [0.25, 0.3) is 0 Å². The molecule has 2 aromatic rings. The maximum absolute atomic E-state index is 11.7. The number of ketones is 1. The van der Waals surface area contributed by atoms with Crippen LogP contribution in [0, 0.1) is 0 Å². The molecular formula is C10H10N2O2. The molecule has 4 nitrogen and oxygen atoms in total. The normalized spacial score (nSPS) is 10.4. The molecule has 0 radical (unpaired) electrons. The van der Waals surface area contributed by atoms with Gasteiger partial charge in [-0.15, -0.1) is 0 Å². The molecule has 4 heteroatoms. The molecule has 1 N–H and O–H groups in total. The van der Waals surface area contributed by atoms with Gasteiger partial charge >= 0.3 is 0 Å². The molecule has 0 bridgehead atoms. The van der Waals surface area contributed by atoms with Crippen molar-refractivity contribution in [3.63, 3.8) is 0 Å². The van der Waals surface area contributed by atoms with Crippen molar-refractivity contribution in [3.8, 4) is 0 Å². The summed E-state index contributed by atoms with van der Waals surface area (Å²) < 4.78 is 5.32. The smallest absolute Gasteiger partial charge is 0.245 e. The van der Waals surface area contributed by atoms with Gasteiger partial charge in [0.05, 0.1) is 0 Å². The first kappa shape index (κ1) is 8.74. The number of nitrogens with one attached hydrogen (secondary N) is 1. The Balaban J connectivity index is 2.28. The molecule has 0 aromatic carbocycles. The Bertz CT molecular complexity index is 429. The highest BCUT2D eigenvalue weighted by Crippen LogP contribution is 2.12. The Labute approximate surface area is 80.9 Å². The van der Waals surface area contributed by atoms with E-state index >= 15 is 0 Å². The fraction of sp³-hybridized carbons (Fsp3) is 0.200. The summed E-state index contributed by atoms with van der Waals surface area (Å²) in [6.07, 6.45) is 2.33. The predicted octanol–water partition coefficient (Wildman–Crippen LogP) is 1.80. The quantitative estimate of drug-likeness (QED) is 0.750. The van der Waals surface area contributed by atoms with Crippen LogP contribution < -0.4 is 0 Å². The van der Waals surface area contributed by atoms with Gasteiger partial charge in [0.15, 0.2) is 5.76 Å². The van der Waals surface area contributed by atoms with Gasteiger partial charge < -0.3 is 4.42 Å². The summed E-state index contributed by atoms with van der Waals surface area (Å²) in [6.45, 7) is 1.98. The number of hydrogen-bond donors (Lipinski definition) is 1. The molecule has 0 aliphatic carbocycles. The summed E-state index contributed by atoms with van der Waals surface area (Å²) in [6, 6.07) is 5.11. The van der Waals surface area contributed by atoms with Crippen LogP contribution in [0.4, 0.5) is 0 Å². The fourth-order valence-electron chi connectivity index (χ4n) is 1.21. The lowest BCUT2D eigenvalue weighted by Gasteiger charge is -1.92. The van der Waals surface area contributed by atoms with Crippen LogP contribution in [0.25, 0.3) is 0 Å². The first-order chi connectivity index (χ1) is 6.81. The van der Waals surface area contributed by atoms with Crippen LogP contribution in [0.3, 0.4) is 0 Å². The molecule has 0 spiro atoms. The number of aromatic amines is 1. The second-order valence-electron chi connectivity index (χ2n) is 2.92. The van der Waals surface area contributed by atoms with Gasteiger partial charge in [0.2, 0.25) is 5.78 Å². The summed E-state index contributed by atoms with van der Waals surface area (Å²) in [5.74, 6) is 1.00. The van der Waals surface area contributed by atoms with Gasteiger partial charge in [0, 0.05) is 12.6 Å². The number of furan rings is 1. The summed E-state index contributed by atoms with van der Waals surface area (Å²) in [5, 5.41) is 6.31. The van der Waals surface area contributed by atoms with Gasteiger partial charge in [-0.05, 0) is 18.2 Å². The van der Waals surface area contributed by atoms with Crippen LogP contribution in [0.1, 0.15) is 28.9 Å². The molecule has 0 aliphatic heterocycles. The fourth-order valence-corrected chi connectivity index (χ4v) is 1.21. The van der Waals surface area contributed by atoms with Crippen LogP contribution >= 0.6 is 0 Å². The van der Waals surface area contributed by atoms with Crippen molar-refractivity contribution in [2.24, 2.45) is 0 Å². The molecule has 2 rings (SSSR count). The zero-order valence-electron chi connectivity index (χ0n) is 7.78. The molecule has 0 unspecified atom stereocenters. The predicted molar refractivity (Wildman–Crippen MR) is 50.1 cm³/mol. The minimum absolute atomic E-state index is 0.165. The van der Waals surface area contributed by atoms with E-state index < -0.39 is 0 Å². The number of H-pyrrole nitrogens is 1. The Morgan fingerprint density at radius 1 is 1.50 bits per heavy atom. The number of aryl methyl sites for hydroxylation is 1. The molecule has 0 atom stereocenters. The molecule has 0 aliphatic rings. The Kier molecular flexibility index (Phi) is 2.18. The number of hydrogen-bond acceptors (Lipinski definition) is 3. The molecule has 0 amide bonds. The van der Waals surface area contributed by atoms with E-state index in [9.17, 15) is 4.79 Å². The number of nitrogens with zero attached hydrogens (tertiary/aromatic N) is 1. The molecule has 2 aromatic heterocycles. The lowest BCUT2D eigenvalue weighted by atomic mass is 10.2. The van der Waals surface area contributed by atoms with Gasteiger partial charge in [-0.1, -0.05) is 6.92 Å². The van der Waals surface area contributed by atoms with Gasteiger partial charge in [0.1, 0.15) is 11.5 Å². The molecule has 72 valence electrons. The molecule has 0 fully saturated rings. The van der Waals surface area contributed by atoms with Crippen molar-refractivity contribution >= 4 is 5.78 Å². The van der Waals surface area contributed by atoms with E-state index in [2.05, 4.69) is 10.2 Å². The molecule has 0 saturated heterocycles. The van der Waals surface area contributed by atoms with E-state index in [0.29, 0.717) is 11.5 Å². The number of carbonyl (C=O) groups is 1. The van der Waals surface area contributed by atoms with E-state index in [1.54, 1.807) is 12.1 Å². The van der Waals surface area contributed by atoms with Crippen LogP contribution in [-0.2, 0) is 6.42 Å². The Hall–Kier alpha value is -1.84. The summed E-state index contributed by atoms with van der Waals surface area (Å²) in [4.78, 5) is 11.7. The first-order valence-electron chi connectivity index (χ1n) is 4.44. The van der Waals surface area contributed by atoms with Crippen molar-refractivity contribution < 1.29 is 9.21 Å². The van der Waals surface area contributed by atoms with Crippen molar-refractivity contribution in [3.05, 3.63) is 41.6 Å². The summed E-state index contributed by atoms with van der Waals surface area (Å²) >= 11 is 0. The summed E-state index contributed by atoms with van der Waals surface area (Å²) in [7, 11) is 0. The van der Waals surface area contributed by atoms with Crippen LogP contribution in [-0.4, -0.2) is 16.0 Å². The molecule has 2 heterocycles. The highest BCUT2D eigenvalue weighted by atomic mass is 16.3. The zero-order chi connectivity index (χ0) is 9.97. The van der Waals surface area contributed by atoms with Crippen LogP contribution in [0.2, 0.25) is 0 Å². The third-order valence-corrected chi connectivity index (χ3v) is 1.98. The Morgan fingerprint density at radius 2 is 2.36 bits per heavy atom. The topological polar surface area (TPSA) is 58.9 Å². The lowest BCUT2D eigenvalue weighted by Crippen LogP contribution is -1.99. The molecule has 0 saturated carbocycles. The number of aromatic nitrogens is 2. The second kappa shape index (κ2) is 3.49. The SMILES string of the molecule is CCc1ccc(C(=O)c2ccn[nH]2)o1. The average Bonchev–Trinajstić information content (AvgIpc) is 2.88. The van der Waals surface area contributed by atoms with E-state index in [-0.39, 0.29) is 5.78 Å². The maximum atomic E-state index is 11.7. The third kappa shape index (κ3) is 1.46. The summed E-state index contributed by atoms with van der Waals surface area (Å²) in [5.41, 5.74) is 0.446. The van der Waals surface area contributed by atoms with Gasteiger partial charge in [-0.2, -0.15) is 5.10 Å². The number of rotatable bonds is 3. The number of carbonyl (C=O) groups excluding carboxylic acids is 1. The monoisotopic (exact) mass is 190 g/mol. The standard InChI is InChI=1S/C10H10N2O2/c1-2-7-3-4-9(14-7)10(13)8-5-6-11-12-8/h3-6H,2H2,1H3,(H,11,12). The van der Waals surface area contributed by atoms with Crippen molar-refractivity contribution in [2.75, 3.05) is 0 Å². The maximum Gasteiger partial charge on any atom is 0.245 e. The second-order valence-corrected chi connectivity index (χ2v) is 2.92. The van der Waals surface area contributed by atoms with Gasteiger partial charge in [-0.25, -0.2) is 0 Å². The highest BCUT2D eigenvalue weighted by molar-refractivity contribution is 6.05. The van der Waals surface area contributed by atoms with E-state index in [1.807, 2.05) is 13.0 Å². The minimum Gasteiger partial charge on any atom is -0.458 e. The minimum atomic E-state index is -0.165. The molecular weight excluding hydrogens is 180 g/mol. The largest absolute Gasteiger partial charge is 0.458 e. The lowest BCUT2D eigenvalue weighted by molar-refractivity contribution is 0.100. The van der Waals surface area contributed by atoms with E-state index in [1.165, 1.54) is 6.20 Å². The zero-order valence-corrected chi connectivity index (χ0v) is 7.78. The first-order valence-corrected chi connectivity index (χ1v) is 4.44. The average molecular weight is 190 g/mol. The third-order valence-electron chi connectivity index (χ3n) is 1.98. The van der Waals surface area contributed by atoms with Crippen molar-refractivity contribution in [1.29, 1.82) is 0 Å². The van der Waals surface area contributed by atoms with Crippen LogP contribution in [0.5, 0.6) is 0 Å². The van der Waals surface area contributed by atoms with Crippen molar-refractivity contribution in [1.82, 2.24) is 10.2 Å². The van der Waals surface area contributed by atoms with Crippen molar-refractivity contribution in [2.45, 2.75) is 13.3 Å². The van der Waals surface area contributed by atoms with E-state index in [0.717, 1.165) is 12.2 Å². The van der Waals surface area contributed by atoms with E-state index in [4.69, 9.17) is 4.42 Å². The van der Waals surface area contributed by atoms with Gasteiger partial charge in [-0.3, -0.25) is 9.89 Å². The Morgan fingerprint density at radius 3 is 2.93 bits per heavy atom. The molecule has 14 heavy (non-hydrogen) atoms. The highest BCUT2D eigenvalue weighted by Gasteiger charge is 2.13.